The van der Waals surface area contributed by atoms with Crippen molar-refractivity contribution in [3.63, 3.8) is 0 Å². The molecule has 7 aromatic rings. The van der Waals surface area contributed by atoms with Crippen LogP contribution < -0.4 is 0 Å². The van der Waals surface area contributed by atoms with Gasteiger partial charge in [0.2, 0.25) is 5.71 Å². The van der Waals surface area contributed by atoms with Gasteiger partial charge < -0.3 is 9.52 Å². The minimum Gasteiger partial charge on any atom is -0.512 e. The zero-order valence-electron chi connectivity index (χ0n) is 35.1. The fraction of sp³-hybridized carbons (Fsp3) is 0.360. The van der Waals surface area contributed by atoms with Gasteiger partial charge in [0.1, 0.15) is 11.6 Å². The van der Waals surface area contributed by atoms with Crippen molar-refractivity contribution in [2.75, 3.05) is 0 Å². The first kappa shape index (κ1) is 43.4. The normalized spacial score (nSPS) is 12.3. The van der Waals surface area contributed by atoms with E-state index in [-0.39, 0.29) is 42.5 Å². The van der Waals surface area contributed by atoms with Crippen LogP contribution >= 0.6 is 0 Å². The number of carbonyl (C=O) groups excluding carboxylic acids is 1. The summed E-state index contributed by atoms with van der Waals surface area (Å²) in [6.07, 6.45) is 5.82. The summed E-state index contributed by atoms with van der Waals surface area (Å²) in [5.74, 6) is 1.62. The largest absolute Gasteiger partial charge is 0.512 e. The molecule has 1 N–H and O–H groups in total. The third-order valence-electron chi connectivity index (χ3n) is 12.0. The molecule has 7 heteroatoms. The summed E-state index contributed by atoms with van der Waals surface area (Å²) in [6.45, 7) is 20.7. The zero-order valence-corrected chi connectivity index (χ0v) is 37.5. The number of hydrogen-bond acceptors (Lipinski definition) is 6. The molecule has 0 aliphatic carbocycles. The van der Waals surface area contributed by atoms with Crippen molar-refractivity contribution >= 4 is 49.5 Å². The second kappa shape index (κ2) is 17.8. The number of aromatic nitrogens is 3. The fourth-order valence-electron chi connectivity index (χ4n) is 7.48. The van der Waals surface area contributed by atoms with E-state index in [9.17, 15) is 9.90 Å². The first-order chi connectivity index (χ1) is 26.7. The maximum absolute atomic E-state index is 12.2. The van der Waals surface area contributed by atoms with Crippen LogP contribution in [0.4, 0.5) is 0 Å². The molecule has 0 atom stereocenters. The minimum absolute atomic E-state index is 0. The number of allylic oxidation sites excluding steroid dienone is 2. The number of benzene rings is 4. The van der Waals surface area contributed by atoms with Gasteiger partial charge in [0.05, 0.1) is 16.8 Å². The van der Waals surface area contributed by atoms with Crippen molar-refractivity contribution in [2.24, 2.45) is 16.7 Å². The van der Waals surface area contributed by atoms with Crippen molar-refractivity contribution in [1.29, 1.82) is 0 Å². The Labute approximate surface area is 351 Å². The van der Waals surface area contributed by atoms with Gasteiger partial charge in [-0.3, -0.25) is 9.78 Å². The van der Waals surface area contributed by atoms with E-state index in [1.165, 1.54) is 28.0 Å². The van der Waals surface area contributed by atoms with Crippen molar-refractivity contribution in [1.82, 2.24) is 15.0 Å². The van der Waals surface area contributed by atoms with Gasteiger partial charge in [-0.15, -0.1) is 18.2 Å². The number of furan rings is 1. The van der Waals surface area contributed by atoms with Crippen LogP contribution in [0, 0.1) is 36.7 Å². The second-order valence-electron chi connectivity index (χ2n) is 16.2. The molecule has 3 heterocycles. The van der Waals surface area contributed by atoms with Gasteiger partial charge in [0.25, 0.3) is 0 Å². The zero-order chi connectivity index (χ0) is 40.4. The average molecular weight is 939 g/mol. The van der Waals surface area contributed by atoms with E-state index in [0.29, 0.717) is 11.6 Å². The summed E-state index contributed by atoms with van der Waals surface area (Å²) in [6, 6.07) is 30.7. The van der Waals surface area contributed by atoms with E-state index in [4.69, 9.17) is 19.4 Å². The average Bonchev–Trinajstić information content (AvgIpc) is 3.58. The molecule has 3 aromatic heterocycles. The summed E-state index contributed by atoms with van der Waals surface area (Å²) < 4.78 is 6.45. The number of fused-ring (bicyclic) bond motifs is 6. The Kier molecular flexibility index (Phi) is 13.6. The van der Waals surface area contributed by atoms with E-state index < -0.39 is 0 Å². The quantitative estimate of drug-likeness (QED) is 0.0601. The molecule has 6 nitrogen and oxygen atoms in total. The first-order valence-corrected chi connectivity index (χ1v) is 20.2. The van der Waals surface area contributed by atoms with Crippen LogP contribution in [0.15, 0.2) is 95.1 Å². The smallest absolute Gasteiger partial charge is 0.216 e. The Morgan fingerprint density at radius 2 is 1.49 bits per heavy atom. The van der Waals surface area contributed by atoms with E-state index >= 15 is 0 Å². The van der Waals surface area contributed by atoms with Crippen molar-refractivity contribution < 1.29 is 34.4 Å². The molecule has 0 spiro atoms. The van der Waals surface area contributed by atoms with Crippen LogP contribution in [-0.2, 0) is 31.3 Å². The topological polar surface area (TPSA) is 89.1 Å². The molecule has 0 bridgehead atoms. The molecule has 299 valence electrons. The number of aryl methyl sites for hydroxylation is 2. The molecule has 7 rings (SSSR count). The van der Waals surface area contributed by atoms with Crippen LogP contribution in [0.25, 0.3) is 66.3 Å². The number of carbonyl (C=O) groups is 1. The predicted molar refractivity (Wildman–Crippen MR) is 233 cm³/mol. The van der Waals surface area contributed by atoms with Gasteiger partial charge in [-0.1, -0.05) is 121 Å². The SMILES string of the molecule is CCC(C)(CC)C(=O)/C=C(\O)C(C)(CC)CC.Cc1nc(-c2[c-]ccc3c2oc2nc(-c4ccccc4)ccc23)c2ccc3cc(CC(C)C)cc(C)c3c2n1.[Ir]. The van der Waals surface area contributed by atoms with Crippen LogP contribution in [0.2, 0.25) is 0 Å². The van der Waals surface area contributed by atoms with Crippen LogP contribution in [0.5, 0.6) is 0 Å². The Balaban J connectivity index is 0.000000295. The number of aliphatic hydroxyl groups excluding tert-OH is 1. The van der Waals surface area contributed by atoms with Crippen molar-refractivity contribution in [3.05, 3.63) is 114 Å². The van der Waals surface area contributed by atoms with E-state index in [0.717, 1.165) is 87.7 Å². The Morgan fingerprint density at radius 3 is 2.14 bits per heavy atom. The summed E-state index contributed by atoms with van der Waals surface area (Å²) in [4.78, 5) is 26.9. The minimum atomic E-state index is -0.337. The molecule has 0 saturated carbocycles. The Hall–Kier alpha value is -4.71. The molecule has 0 saturated heterocycles. The van der Waals surface area contributed by atoms with Crippen LogP contribution in [0.1, 0.15) is 98.0 Å². The number of rotatable bonds is 11. The summed E-state index contributed by atoms with van der Waals surface area (Å²) >= 11 is 0. The third kappa shape index (κ3) is 8.76. The Bertz CT molecular complexity index is 2560. The number of pyridine rings is 1. The van der Waals surface area contributed by atoms with Gasteiger partial charge in [0.15, 0.2) is 5.78 Å². The van der Waals surface area contributed by atoms with E-state index in [1.807, 2.05) is 78.8 Å². The van der Waals surface area contributed by atoms with Crippen molar-refractivity contribution in [2.45, 2.75) is 101 Å². The van der Waals surface area contributed by atoms with E-state index in [2.05, 4.69) is 75.4 Å². The van der Waals surface area contributed by atoms with Gasteiger partial charge >= 0.3 is 0 Å². The van der Waals surface area contributed by atoms with Gasteiger partial charge in [-0.25, -0.2) is 9.97 Å². The number of ketones is 1. The second-order valence-corrected chi connectivity index (χ2v) is 16.2. The number of hydrogen-bond donors (Lipinski definition) is 1. The molecule has 0 fully saturated rings. The molecular weight excluding hydrogens is 883 g/mol. The summed E-state index contributed by atoms with van der Waals surface area (Å²) in [5, 5.41) is 15.5. The first-order valence-electron chi connectivity index (χ1n) is 20.2. The molecule has 0 unspecified atom stereocenters. The molecule has 0 aliphatic rings. The molecule has 1 radical (unpaired) electrons. The summed E-state index contributed by atoms with van der Waals surface area (Å²) in [5.41, 5.74) is 7.93. The molecular formula is C50H56IrN3O3-. The van der Waals surface area contributed by atoms with Crippen LogP contribution in [0.3, 0.4) is 0 Å². The van der Waals surface area contributed by atoms with Gasteiger partial charge in [-0.2, -0.15) is 0 Å². The molecule has 4 aromatic carbocycles. The van der Waals surface area contributed by atoms with Crippen molar-refractivity contribution in [3.8, 4) is 22.5 Å². The number of aliphatic hydroxyl groups is 1. The van der Waals surface area contributed by atoms with Gasteiger partial charge in [-0.05, 0) is 85.9 Å². The van der Waals surface area contributed by atoms with Gasteiger partial charge in [0, 0.05) is 59.0 Å². The maximum Gasteiger partial charge on any atom is 0.216 e. The predicted octanol–water partition coefficient (Wildman–Crippen LogP) is 13.7. The van der Waals surface area contributed by atoms with Crippen LogP contribution in [-0.4, -0.2) is 25.8 Å². The standard InChI is InChI=1S/C35H28N3O.C15H28O2.Ir/c1-20(2)17-23-18-21(3)31-25(19-23)13-14-28-32(36-22(4)37-33(28)31)29-12-8-11-26-27-15-16-30(24-9-6-5-7-10-24)38-35(27)39-34(26)29;1-7-14(5,8-2)12(16)11-13(17)15(6,9-3)10-4;/h5-11,13-16,18-20H,17H2,1-4H3;11,16H,7-10H2,1-6H3;/q-1;;/b;12-11-;. The number of nitrogens with zero attached hydrogens (tertiary/aromatic N) is 3. The molecule has 0 aliphatic heterocycles. The maximum atomic E-state index is 12.2. The molecule has 0 amide bonds. The fourth-order valence-corrected chi connectivity index (χ4v) is 7.48. The Morgan fingerprint density at radius 1 is 0.825 bits per heavy atom. The third-order valence-corrected chi connectivity index (χ3v) is 12.0. The monoisotopic (exact) mass is 939 g/mol. The summed E-state index contributed by atoms with van der Waals surface area (Å²) in [7, 11) is 0. The molecule has 57 heavy (non-hydrogen) atoms. The van der Waals surface area contributed by atoms with E-state index in [1.54, 1.807) is 0 Å².